The molecule has 1 heterocycles. The Kier molecular flexibility index (Phi) is 4.21. The largest absolute Gasteiger partial charge is 0.481 e. The third-order valence-electron chi connectivity index (χ3n) is 3.97. The molecule has 6 nitrogen and oxygen atoms in total. The number of hydrogen-bond donors (Lipinski definition) is 1. The molecule has 1 N–H and O–H groups in total. The van der Waals surface area contributed by atoms with Crippen molar-refractivity contribution in [2.24, 2.45) is 0 Å². The van der Waals surface area contributed by atoms with Gasteiger partial charge in [-0.15, -0.1) is 0 Å². The van der Waals surface area contributed by atoms with Crippen molar-refractivity contribution >= 4 is 23.5 Å². The van der Waals surface area contributed by atoms with Gasteiger partial charge in [0.2, 0.25) is 0 Å². The third kappa shape index (κ3) is 3.10. The Hall–Kier alpha value is -2.37. The van der Waals surface area contributed by atoms with E-state index in [1.807, 2.05) is 19.9 Å². The second kappa shape index (κ2) is 5.79. The molecule has 2 rings (SSSR count). The number of carboxylic acid groups (broad SMARTS) is 1. The first kappa shape index (κ1) is 16.0. The number of anilines is 1. The minimum absolute atomic E-state index is 0.00787. The highest BCUT2D eigenvalue weighted by Crippen LogP contribution is 2.30. The van der Waals surface area contributed by atoms with Gasteiger partial charge in [-0.1, -0.05) is 26.0 Å². The van der Waals surface area contributed by atoms with Crippen molar-refractivity contribution in [3.63, 3.8) is 0 Å². The van der Waals surface area contributed by atoms with Crippen LogP contribution in [0.3, 0.4) is 0 Å². The summed E-state index contributed by atoms with van der Waals surface area (Å²) in [5.41, 5.74) is 0.899. The molecule has 0 aliphatic carbocycles. The predicted molar refractivity (Wildman–Crippen MR) is 81.7 cm³/mol. The maximum absolute atomic E-state index is 12.1. The molecule has 0 unspecified atom stereocenters. The van der Waals surface area contributed by atoms with E-state index in [2.05, 4.69) is 0 Å². The lowest BCUT2D eigenvalue weighted by Crippen LogP contribution is -2.53. The summed E-state index contributed by atoms with van der Waals surface area (Å²) in [6.07, 6.45) is -0.00787. The zero-order chi connectivity index (χ0) is 16.5. The molecule has 0 radical (unpaired) electrons. The zero-order valence-electron chi connectivity index (χ0n) is 13.0. The molecule has 1 saturated heterocycles. The van der Waals surface area contributed by atoms with Gasteiger partial charge in [0.05, 0.1) is 6.42 Å². The van der Waals surface area contributed by atoms with Crippen LogP contribution in [0.25, 0.3) is 0 Å². The number of piperazine rings is 1. The highest BCUT2D eigenvalue weighted by Gasteiger charge is 2.32. The van der Waals surface area contributed by atoms with E-state index in [1.54, 1.807) is 25.2 Å². The maximum Gasteiger partial charge on any atom is 0.316 e. The Labute approximate surface area is 129 Å². The second-order valence-electron chi connectivity index (χ2n) is 6.19. The van der Waals surface area contributed by atoms with Gasteiger partial charge in [0.15, 0.2) is 0 Å². The number of benzene rings is 1. The average molecular weight is 304 g/mol. The van der Waals surface area contributed by atoms with Crippen LogP contribution in [-0.4, -0.2) is 47.9 Å². The van der Waals surface area contributed by atoms with Crippen molar-refractivity contribution in [3.8, 4) is 0 Å². The first-order valence-electron chi connectivity index (χ1n) is 7.11. The number of likely N-dealkylation sites (N-methyl/N-ethyl adjacent to an activating group) is 1. The number of aliphatic carboxylic acids is 1. The smallest absolute Gasteiger partial charge is 0.316 e. The quantitative estimate of drug-likeness (QED) is 0.849. The topological polar surface area (TPSA) is 77.9 Å². The van der Waals surface area contributed by atoms with Gasteiger partial charge in [0.1, 0.15) is 0 Å². The molecule has 1 aromatic carbocycles. The molecule has 2 amide bonds. The number of carbonyl (C=O) groups is 3. The molecule has 1 aliphatic rings. The van der Waals surface area contributed by atoms with Crippen molar-refractivity contribution in [2.75, 3.05) is 25.0 Å². The Morgan fingerprint density at radius 1 is 1.23 bits per heavy atom. The van der Waals surface area contributed by atoms with Gasteiger partial charge >= 0.3 is 17.8 Å². The van der Waals surface area contributed by atoms with Crippen LogP contribution in [-0.2, 0) is 19.8 Å². The summed E-state index contributed by atoms with van der Waals surface area (Å²) in [6, 6.07) is 7.18. The number of carbonyl (C=O) groups excluding carboxylic acids is 2. The number of rotatable bonds is 4. The summed E-state index contributed by atoms with van der Waals surface area (Å²) in [4.78, 5) is 37.7. The Bertz CT molecular complexity index is 624. The van der Waals surface area contributed by atoms with Crippen LogP contribution in [0.2, 0.25) is 0 Å². The van der Waals surface area contributed by atoms with Crippen LogP contribution >= 0.6 is 0 Å². The summed E-state index contributed by atoms with van der Waals surface area (Å²) in [5, 5.41) is 9.02. The van der Waals surface area contributed by atoms with E-state index >= 15 is 0 Å². The lowest BCUT2D eigenvalue weighted by molar-refractivity contribution is -0.145. The van der Waals surface area contributed by atoms with Crippen molar-refractivity contribution in [2.45, 2.75) is 25.7 Å². The van der Waals surface area contributed by atoms with Crippen LogP contribution < -0.4 is 4.90 Å². The molecule has 0 spiro atoms. The minimum atomic E-state index is -0.874. The van der Waals surface area contributed by atoms with Crippen molar-refractivity contribution in [1.29, 1.82) is 0 Å². The highest BCUT2D eigenvalue weighted by atomic mass is 16.4. The van der Waals surface area contributed by atoms with Gasteiger partial charge in [-0.05, 0) is 17.7 Å². The molecule has 118 valence electrons. The van der Waals surface area contributed by atoms with E-state index in [4.69, 9.17) is 5.11 Å². The molecule has 6 heteroatoms. The molecule has 1 aliphatic heterocycles. The molecule has 0 saturated carbocycles. The summed E-state index contributed by atoms with van der Waals surface area (Å²) in [7, 11) is 1.60. The average Bonchev–Trinajstić information content (AvgIpc) is 2.44. The third-order valence-corrected chi connectivity index (χ3v) is 3.97. The number of nitrogens with zero attached hydrogens (tertiary/aromatic N) is 2. The van der Waals surface area contributed by atoms with Crippen molar-refractivity contribution < 1.29 is 19.5 Å². The van der Waals surface area contributed by atoms with Gasteiger partial charge in [0.25, 0.3) is 0 Å². The number of hydrogen-bond acceptors (Lipinski definition) is 3. The van der Waals surface area contributed by atoms with Crippen LogP contribution in [0.15, 0.2) is 24.3 Å². The maximum atomic E-state index is 12.1. The molecule has 0 bridgehead atoms. The summed E-state index contributed by atoms with van der Waals surface area (Å²) in [5.74, 6) is -1.95. The SMILES string of the molecule is CN1CCN(c2cccc(C(C)(C)CC(=O)O)c2)C(=O)C1=O. The highest BCUT2D eigenvalue weighted by molar-refractivity contribution is 6.40. The van der Waals surface area contributed by atoms with Gasteiger partial charge in [0, 0.05) is 31.2 Å². The summed E-state index contributed by atoms with van der Waals surface area (Å²) in [6.45, 7) is 4.60. The van der Waals surface area contributed by atoms with Crippen LogP contribution in [0.1, 0.15) is 25.8 Å². The molecule has 22 heavy (non-hydrogen) atoms. The summed E-state index contributed by atoms with van der Waals surface area (Å²) >= 11 is 0. The van der Waals surface area contributed by atoms with E-state index < -0.39 is 23.2 Å². The predicted octanol–water partition coefficient (Wildman–Crippen LogP) is 1.24. The summed E-state index contributed by atoms with van der Waals surface area (Å²) < 4.78 is 0. The van der Waals surface area contributed by atoms with Crippen molar-refractivity contribution in [3.05, 3.63) is 29.8 Å². The van der Waals surface area contributed by atoms with Crippen LogP contribution in [0.4, 0.5) is 5.69 Å². The van der Waals surface area contributed by atoms with Crippen LogP contribution in [0.5, 0.6) is 0 Å². The van der Waals surface area contributed by atoms with Crippen molar-refractivity contribution in [1.82, 2.24) is 4.90 Å². The van der Waals surface area contributed by atoms with Gasteiger partial charge in [-0.3, -0.25) is 14.4 Å². The van der Waals surface area contributed by atoms with E-state index in [9.17, 15) is 14.4 Å². The lowest BCUT2D eigenvalue weighted by atomic mass is 9.81. The number of carboxylic acids is 1. The van der Waals surface area contributed by atoms with Crippen LogP contribution in [0, 0.1) is 0 Å². The lowest BCUT2D eigenvalue weighted by Gasteiger charge is -2.32. The van der Waals surface area contributed by atoms with Gasteiger partial charge < -0.3 is 14.9 Å². The first-order chi connectivity index (χ1) is 10.2. The fraction of sp³-hybridized carbons (Fsp3) is 0.438. The van der Waals surface area contributed by atoms with Gasteiger partial charge in [-0.2, -0.15) is 0 Å². The van der Waals surface area contributed by atoms with Gasteiger partial charge in [-0.25, -0.2) is 0 Å². The Morgan fingerprint density at radius 2 is 1.91 bits per heavy atom. The first-order valence-corrected chi connectivity index (χ1v) is 7.11. The molecular formula is C16H20N2O4. The normalized spacial score (nSPS) is 16.1. The van der Waals surface area contributed by atoms with E-state index in [-0.39, 0.29) is 6.42 Å². The second-order valence-corrected chi connectivity index (χ2v) is 6.19. The monoisotopic (exact) mass is 304 g/mol. The zero-order valence-corrected chi connectivity index (χ0v) is 13.0. The van der Waals surface area contributed by atoms with E-state index in [0.29, 0.717) is 18.8 Å². The van der Waals surface area contributed by atoms with E-state index in [1.165, 1.54) is 9.80 Å². The molecule has 0 atom stereocenters. The molecular weight excluding hydrogens is 284 g/mol. The fourth-order valence-electron chi connectivity index (χ4n) is 2.55. The molecule has 0 aromatic heterocycles. The standard InChI is InChI=1S/C16H20N2O4/c1-16(2,10-13(19)20)11-5-4-6-12(9-11)18-8-7-17(3)14(21)15(18)22/h4-6,9H,7-8,10H2,1-3H3,(H,19,20). The molecule has 1 aromatic rings. The Balaban J connectivity index is 2.31. The fourth-order valence-corrected chi connectivity index (χ4v) is 2.55. The molecule has 1 fully saturated rings. The number of amides is 2. The minimum Gasteiger partial charge on any atom is -0.481 e. The van der Waals surface area contributed by atoms with E-state index in [0.717, 1.165) is 5.56 Å². The Morgan fingerprint density at radius 3 is 2.55 bits per heavy atom.